The summed E-state index contributed by atoms with van der Waals surface area (Å²) in [6.07, 6.45) is 2.19. The Morgan fingerprint density at radius 2 is 2.42 bits per heavy atom. The summed E-state index contributed by atoms with van der Waals surface area (Å²) in [5, 5.41) is 14.1. The predicted octanol–water partition coefficient (Wildman–Crippen LogP) is 2.52. The number of nitrogens with one attached hydrogen (secondary N) is 1. The number of ether oxygens (including phenoxy) is 1. The summed E-state index contributed by atoms with van der Waals surface area (Å²) >= 11 is 0. The molecule has 1 saturated heterocycles. The van der Waals surface area contributed by atoms with Crippen LogP contribution in [-0.4, -0.2) is 24.6 Å². The van der Waals surface area contributed by atoms with Crippen LogP contribution in [-0.2, 0) is 0 Å². The lowest BCUT2D eigenvalue weighted by Crippen LogP contribution is -2.33. The van der Waals surface area contributed by atoms with Crippen molar-refractivity contribution in [2.45, 2.75) is 12.8 Å². The first kappa shape index (κ1) is 13.3. The van der Waals surface area contributed by atoms with Crippen molar-refractivity contribution in [2.24, 2.45) is 5.92 Å². The summed E-state index contributed by atoms with van der Waals surface area (Å²) in [6.45, 7) is 9.47. The van der Waals surface area contributed by atoms with Crippen LogP contribution in [0.3, 0.4) is 0 Å². The molecule has 6 heteroatoms. The van der Waals surface area contributed by atoms with Crippen molar-refractivity contribution in [3.63, 3.8) is 0 Å². The van der Waals surface area contributed by atoms with Crippen LogP contribution >= 0.6 is 0 Å². The van der Waals surface area contributed by atoms with Gasteiger partial charge in [0, 0.05) is 18.5 Å². The monoisotopic (exact) mass is 261 g/mol. The largest absolute Gasteiger partial charge is 0.504 e. The fourth-order valence-electron chi connectivity index (χ4n) is 2.16. The van der Waals surface area contributed by atoms with Crippen LogP contribution in [0.2, 0.25) is 0 Å². The standard InChI is InChI=1S/C13H15N3O3/c1-14-13-11(16(17)18)5-2-6-12(13)19-9-10-4-3-7-15-8-10/h2,5-6,10,15H,3-4,7-9H2/t10-/m0/s1. The van der Waals surface area contributed by atoms with E-state index < -0.39 is 4.92 Å². The fraction of sp³-hybridized carbons (Fsp3) is 0.462. The molecule has 0 amide bonds. The molecule has 1 atom stereocenters. The Morgan fingerprint density at radius 3 is 3.05 bits per heavy atom. The second-order valence-corrected chi connectivity index (χ2v) is 4.52. The van der Waals surface area contributed by atoms with Gasteiger partial charge in [-0.2, -0.15) is 0 Å². The molecule has 0 unspecified atom stereocenters. The minimum absolute atomic E-state index is 0.0173. The van der Waals surface area contributed by atoms with Gasteiger partial charge < -0.3 is 10.1 Å². The normalized spacial score (nSPS) is 18.6. The second kappa shape index (κ2) is 6.16. The summed E-state index contributed by atoms with van der Waals surface area (Å²) in [6, 6.07) is 4.47. The van der Waals surface area contributed by atoms with Crippen LogP contribution in [0.4, 0.5) is 11.4 Å². The number of nitrogens with zero attached hydrogens (tertiary/aromatic N) is 2. The zero-order chi connectivity index (χ0) is 13.7. The molecule has 1 aliphatic rings. The third-order valence-corrected chi connectivity index (χ3v) is 3.16. The Morgan fingerprint density at radius 1 is 1.58 bits per heavy atom. The number of nitro groups is 1. The maximum atomic E-state index is 10.8. The molecule has 0 saturated carbocycles. The number of hydrogen-bond acceptors (Lipinski definition) is 4. The van der Waals surface area contributed by atoms with Gasteiger partial charge in [-0.05, 0) is 25.5 Å². The van der Waals surface area contributed by atoms with Gasteiger partial charge in [0.15, 0.2) is 0 Å². The maximum Gasteiger partial charge on any atom is 0.303 e. The van der Waals surface area contributed by atoms with E-state index in [0.717, 1.165) is 25.9 Å². The van der Waals surface area contributed by atoms with Crippen molar-refractivity contribution in [3.8, 4) is 5.75 Å². The third-order valence-electron chi connectivity index (χ3n) is 3.16. The molecule has 1 heterocycles. The Kier molecular flexibility index (Phi) is 4.31. The van der Waals surface area contributed by atoms with Gasteiger partial charge in [0.25, 0.3) is 5.69 Å². The van der Waals surface area contributed by atoms with E-state index in [2.05, 4.69) is 10.2 Å². The first-order valence-electron chi connectivity index (χ1n) is 6.20. The second-order valence-electron chi connectivity index (χ2n) is 4.52. The van der Waals surface area contributed by atoms with Crippen molar-refractivity contribution in [2.75, 3.05) is 19.7 Å². The van der Waals surface area contributed by atoms with Crippen molar-refractivity contribution in [3.05, 3.63) is 39.7 Å². The molecule has 6 nitrogen and oxygen atoms in total. The first-order valence-corrected chi connectivity index (χ1v) is 6.20. The van der Waals surface area contributed by atoms with Crippen LogP contribution in [0, 0.1) is 22.6 Å². The molecule has 19 heavy (non-hydrogen) atoms. The Balaban J connectivity index is 2.09. The number of para-hydroxylation sites is 1. The van der Waals surface area contributed by atoms with Crippen LogP contribution < -0.4 is 10.1 Å². The summed E-state index contributed by atoms with van der Waals surface area (Å²) in [4.78, 5) is 13.5. The van der Waals surface area contributed by atoms with E-state index in [0.29, 0.717) is 18.3 Å². The van der Waals surface area contributed by atoms with Crippen molar-refractivity contribution in [1.29, 1.82) is 0 Å². The fourth-order valence-corrected chi connectivity index (χ4v) is 2.16. The van der Waals surface area contributed by atoms with Gasteiger partial charge in [0.05, 0.1) is 18.1 Å². The number of benzene rings is 1. The molecule has 0 bridgehead atoms. The summed E-state index contributed by atoms with van der Waals surface area (Å²) < 4.78 is 5.60. The lowest BCUT2D eigenvalue weighted by atomic mass is 10.0. The molecule has 1 N–H and O–H groups in total. The average molecular weight is 261 g/mol. The maximum absolute atomic E-state index is 10.8. The van der Waals surface area contributed by atoms with Gasteiger partial charge in [0.1, 0.15) is 5.75 Å². The number of hydrogen-bond donors (Lipinski definition) is 1. The Bertz CT molecular complexity index is 504. The highest BCUT2D eigenvalue weighted by Gasteiger charge is 2.20. The molecule has 1 aromatic carbocycles. The Hall–Kier alpha value is -2.13. The van der Waals surface area contributed by atoms with Crippen LogP contribution in [0.15, 0.2) is 18.2 Å². The summed E-state index contributed by atoms with van der Waals surface area (Å²) in [5.74, 6) is 0.696. The van der Waals surface area contributed by atoms with E-state index in [-0.39, 0.29) is 11.4 Å². The minimum atomic E-state index is -0.553. The van der Waals surface area contributed by atoms with Gasteiger partial charge >= 0.3 is 5.69 Å². The molecule has 0 spiro atoms. The molecule has 1 aliphatic heterocycles. The predicted molar refractivity (Wildman–Crippen MR) is 70.4 cm³/mol. The van der Waals surface area contributed by atoms with E-state index in [9.17, 15) is 10.1 Å². The van der Waals surface area contributed by atoms with Gasteiger partial charge in [-0.25, -0.2) is 4.85 Å². The lowest BCUT2D eigenvalue weighted by molar-refractivity contribution is -0.383. The quantitative estimate of drug-likeness (QED) is 0.513. The molecule has 0 aromatic heterocycles. The number of nitro benzene ring substituents is 1. The minimum Gasteiger partial charge on any atom is -0.504 e. The van der Waals surface area contributed by atoms with Crippen LogP contribution in [0.1, 0.15) is 12.8 Å². The number of piperidine rings is 1. The van der Waals surface area contributed by atoms with Crippen molar-refractivity contribution >= 4 is 11.4 Å². The van der Waals surface area contributed by atoms with E-state index >= 15 is 0 Å². The molecule has 1 fully saturated rings. The van der Waals surface area contributed by atoms with Crippen LogP contribution in [0.25, 0.3) is 4.85 Å². The van der Waals surface area contributed by atoms with Gasteiger partial charge in [-0.3, -0.25) is 10.1 Å². The Labute approximate surface area is 111 Å². The summed E-state index contributed by atoms with van der Waals surface area (Å²) in [7, 11) is 0. The molecule has 0 radical (unpaired) electrons. The van der Waals surface area contributed by atoms with E-state index in [4.69, 9.17) is 11.3 Å². The highest BCUT2D eigenvalue weighted by atomic mass is 16.6. The zero-order valence-corrected chi connectivity index (χ0v) is 10.5. The highest BCUT2D eigenvalue weighted by Crippen LogP contribution is 2.37. The first-order chi connectivity index (χ1) is 9.22. The molecular weight excluding hydrogens is 246 g/mol. The number of rotatable bonds is 4. The lowest BCUT2D eigenvalue weighted by Gasteiger charge is -2.23. The summed E-state index contributed by atoms with van der Waals surface area (Å²) in [5.41, 5.74) is -0.217. The van der Waals surface area contributed by atoms with E-state index in [1.54, 1.807) is 12.1 Å². The SMILES string of the molecule is [C-]#[N+]c1c(OC[C@H]2CCCNC2)cccc1[N+](=O)[O-]. The molecular formula is C13H15N3O3. The van der Waals surface area contributed by atoms with Crippen molar-refractivity contribution < 1.29 is 9.66 Å². The smallest absolute Gasteiger partial charge is 0.303 e. The average Bonchev–Trinajstić information content (AvgIpc) is 2.45. The molecule has 2 rings (SSSR count). The molecule has 1 aromatic rings. The molecule has 0 aliphatic carbocycles. The van der Waals surface area contributed by atoms with Crippen LogP contribution in [0.5, 0.6) is 5.75 Å². The van der Waals surface area contributed by atoms with E-state index in [1.807, 2.05) is 0 Å². The topological polar surface area (TPSA) is 68.8 Å². The third kappa shape index (κ3) is 3.20. The van der Waals surface area contributed by atoms with E-state index in [1.165, 1.54) is 6.07 Å². The van der Waals surface area contributed by atoms with Gasteiger partial charge in [-0.15, -0.1) is 0 Å². The molecule has 100 valence electrons. The van der Waals surface area contributed by atoms with Gasteiger partial charge in [0.2, 0.25) is 0 Å². The highest BCUT2D eigenvalue weighted by molar-refractivity contribution is 5.70. The van der Waals surface area contributed by atoms with Crippen molar-refractivity contribution in [1.82, 2.24) is 5.32 Å². The van der Waals surface area contributed by atoms with Gasteiger partial charge in [-0.1, -0.05) is 6.07 Å². The zero-order valence-electron chi connectivity index (χ0n) is 10.5.